The van der Waals surface area contributed by atoms with Gasteiger partial charge in [-0.3, -0.25) is 9.97 Å². The van der Waals surface area contributed by atoms with Crippen LogP contribution in [0.2, 0.25) is 0 Å². The lowest BCUT2D eigenvalue weighted by atomic mass is 9.89. The number of hydrogen-bond donors (Lipinski definition) is 1. The van der Waals surface area contributed by atoms with E-state index in [1.165, 1.54) is 54.7 Å². The Morgan fingerprint density at radius 3 is 2.16 bits per heavy atom. The fourth-order valence-electron chi connectivity index (χ4n) is 6.60. The minimum Gasteiger partial charge on any atom is -0.379 e. The Labute approximate surface area is 257 Å². The minimum atomic E-state index is 0.206. The Morgan fingerprint density at radius 2 is 1.41 bits per heavy atom. The van der Waals surface area contributed by atoms with Gasteiger partial charge in [0.05, 0.1) is 17.4 Å². The molecule has 8 rings (SSSR count). The predicted octanol–water partition coefficient (Wildman–Crippen LogP) is 8.83. The summed E-state index contributed by atoms with van der Waals surface area (Å²) in [5.41, 5.74) is 9.14. The number of dihydropyridines is 1. The van der Waals surface area contributed by atoms with Crippen molar-refractivity contribution < 1.29 is 0 Å². The van der Waals surface area contributed by atoms with Crippen LogP contribution in [0.5, 0.6) is 0 Å². The Morgan fingerprint density at radius 1 is 0.682 bits per heavy atom. The number of rotatable bonds is 4. The van der Waals surface area contributed by atoms with Crippen LogP contribution in [-0.2, 0) is 0 Å². The molecule has 4 heterocycles. The smallest absolute Gasteiger partial charge is 0.0886 e. The van der Waals surface area contributed by atoms with E-state index in [4.69, 9.17) is 4.98 Å². The average molecular weight is 569 g/mol. The molecule has 1 N–H and O–H groups in total. The molecule has 1 atom stereocenters. The number of pyridine rings is 2. The van der Waals surface area contributed by atoms with E-state index in [1.54, 1.807) is 6.20 Å². The lowest BCUT2D eigenvalue weighted by molar-refractivity contribution is 0.429. The van der Waals surface area contributed by atoms with Crippen LogP contribution in [0.25, 0.3) is 60.4 Å². The van der Waals surface area contributed by atoms with E-state index in [9.17, 15) is 0 Å². The highest BCUT2D eigenvalue weighted by Crippen LogP contribution is 2.39. The molecule has 0 saturated heterocycles. The van der Waals surface area contributed by atoms with Crippen LogP contribution in [-0.4, -0.2) is 34.5 Å². The van der Waals surface area contributed by atoms with Gasteiger partial charge in [-0.25, -0.2) is 0 Å². The molecule has 4 heteroatoms. The van der Waals surface area contributed by atoms with Crippen LogP contribution < -0.4 is 5.32 Å². The van der Waals surface area contributed by atoms with Gasteiger partial charge >= 0.3 is 0 Å². The summed E-state index contributed by atoms with van der Waals surface area (Å²) < 4.78 is 0. The van der Waals surface area contributed by atoms with Crippen molar-refractivity contribution in [3.8, 4) is 22.5 Å². The van der Waals surface area contributed by atoms with Gasteiger partial charge in [0.2, 0.25) is 0 Å². The maximum atomic E-state index is 4.74. The third kappa shape index (κ3) is 4.56. The molecule has 1 unspecified atom stereocenters. The molecule has 0 aliphatic carbocycles. The number of allylic oxidation sites excluding steroid dienone is 4. The van der Waals surface area contributed by atoms with Crippen LogP contribution in [0.15, 0.2) is 140 Å². The molecule has 2 aromatic heterocycles. The summed E-state index contributed by atoms with van der Waals surface area (Å²) >= 11 is 0. The molecule has 212 valence electrons. The van der Waals surface area contributed by atoms with Gasteiger partial charge in [0.25, 0.3) is 0 Å². The first-order valence-corrected chi connectivity index (χ1v) is 15.1. The number of fused-ring (bicyclic) bond motifs is 6. The number of nitrogens with one attached hydrogen (secondary N) is 1. The van der Waals surface area contributed by atoms with Crippen LogP contribution in [0.3, 0.4) is 0 Å². The van der Waals surface area contributed by atoms with Crippen molar-refractivity contribution in [2.45, 2.75) is 13.0 Å². The van der Waals surface area contributed by atoms with E-state index in [1.807, 2.05) is 36.7 Å². The minimum absolute atomic E-state index is 0.206. The number of benzene rings is 4. The molecule has 2 aliphatic rings. The van der Waals surface area contributed by atoms with Crippen molar-refractivity contribution in [1.82, 2.24) is 20.2 Å². The normalized spacial score (nSPS) is 16.3. The second kappa shape index (κ2) is 10.7. The van der Waals surface area contributed by atoms with Crippen molar-refractivity contribution in [3.63, 3.8) is 0 Å². The Balaban J connectivity index is 1.22. The summed E-state index contributed by atoms with van der Waals surface area (Å²) in [6.45, 7) is 3.04. The lowest BCUT2D eigenvalue weighted by Gasteiger charge is -2.32. The SMILES string of the molecule is Cc1ccc2c(c1)c1cc(-c3ccc(-c4ccccn4)nc3)ccc1c1ccc(C3=CC=C(C4C=CC=CN4)N(C)C3)cc12. The highest BCUT2D eigenvalue weighted by Gasteiger charge is 2.20. The third-order valence-electron chi connectivity index (χ3n) is 8.89. The summed E-state index contributed by atoms with van der Waals surface area (Å²) in [5.74, 6) is 0. The van der Waals surface area contributed by atoms with Crippen LogP contribution >= 0.6 is 0 Å². The molecule has 4 aromatic carbocycles. The lowest BCUT2D eigenvalue weighted by Crippen LogP contribution is -2.36. The molecule has 0 spiro atoms. The molecule has 0 radical (unpaired) electrons. The van der Waals surface area contributed by atoms with Gasteiger partial charge in [0.1, 0.15) is 0 Å². The Bertz CT molecular complexity index is 2190. The highest BCUT2D eigenvalue weighted by atomic mass is 15.1. The van der Waals surface area contributed by atoms with E-state index >= 15 is 0 Å². The largest absolute Gasteiger partial charge is 0.379 e. The molecular formula is C40H32N4. The average Bonchev–Trinajstić information content (AvgIpc) is 3.08. The standard InChI is InChI=1S/C40H32N4/c1-26-9-14-33-34(21-26)36-22-27(29-12-17-38(43-24-29)37-7-3-5-19-41-37)10-15-32(36)31-16-11-28(23-35(31)33)30-13-18-40(44(2)25-30)39-8-4-6-20-42-39/h3-24,39,42H,25H2,1-2H3. The van der Waals surface area contributed by atoms with E-state index < -0.39 is 0 Å². The second-order valence-electron chi connectivity index (χ2n) is 11.7. The molecular weight excluding hydrogens is 536 g/mol. The molecule has 0 bridgehead atoms. The van der Waals surface area contributed by atoms with Gasteiger partial charge in [-0.2, -0.15) is 0 Å². The van der Waals surface area contributed by atoms with Crippen molar-refractivity contribution in [2.24, 2.45) is 0 Å². The van der Waals surface area contributed by atoms with Crippen molar-refractivity contribution >= 4 is 37.9 Å². The van der Waals surface area contributed by atoms with E-state index in [0.717, 1.165) is 29.1 Å². The first kappa shape index (κ1) is 26.2. The summed E-state index contributed by atoms with van der Waals surface area (Å²) in [6, 6.07) is 31.0. The summed E-state index contributed by atoms with van der Waals surface area (Å²) in [4.78, 5) is 11.5. The number of aryl methyl sites for hydroxylation is 1. The quantitative estimate of drug-likeness (QED) is 0.216. The van der Waals surface area contributed by atoms with Crippen LogP contribution in [0, 0.1) is 6.92 Å². The Kier molecular flexibility index (Phi) is 6.34. The third-order valence-corrected chi connectivity index (χ3v) is 8.89. The van der Waals surface area contributed by atoms with Gasteiger partial charge in [0.15, 0.2) is 0 Å². The zero-order valence-corrected chi connectivity index (χ0v) is 24.8. The van der Waals surface area contributed by atoms with Crippen molar-refractivity contribution in [2.75, 3.05) is 13.6 Å². The van der Waals surface area contributed by atoms with Crippen molar-refractivity contribution in [1.29, 1.82) is 0 Å². The van der Waals surface area contributed by atoms with Crippen molar-refractivity contribution in [3.05, 3.63) is 151 Å². The van der Waals surface area contributed by atoms with Gasteiger partial charge in [-0.1, -0.05) is 78.4 Å². The molecule has 6 aromatic rings. The molecule has 0 fully saturated rings. The second-order valence-corrected chi connectivity index (χ2v) is 11.7. The van der Waals surface area contributed by atoms with E-state index in [0.29, 0.717) is 0 Å². The zero-order valence-electron chi connectivity index (χ0n) is 24.8. The van der Waals surface area contributed by atoms with Gasteiger partial charge in [-0.05, 0) is 105 Å². The first-order chi connectivity index (χ1) is 21.6. The van der Waals surface area contributed by atoms with Gasteiger partial charge in [-0.15, -0.1) is 0 Å². The van der Waals surface area contributed by atoms with Crippen LogP contribution in [0.4, 0.5) is 0 Å². The topological polar surface area (TPSA) is 41.1 Å². The summed E-state index contributed by atoms with van der Waals surface area (Å²) in [7, 11) is 2.18. The maximum absolute atomic E-state index is 4.74. The fourth-order valence-corrected chi connectivity index (χ4v) is 6.60. The van der Waals surface area contributed by atoms with E-state index in [2.05, 4.69) is 120 Å². The molecule has 0 saturated carbocycles. The van der Waals surface area contributed by atoms with Gasteiger partial charge < -0.3 is 10.2 Å². The summed E-state index contributed by atoms with van der Waals surface area (Å²) in [6.07, 6.45) is 16.7. The van der Waals surface area contributed by atoms with Gasteiger partial charge in [0, 0.05) is 37.2 Å². The molecule has 2 aliphatic heterocycles. The highest BCUT2D eigenvalue weighted by molar-refractivity contribution is 6.26. The number of hydrogen-bond acceptors (Lipinski definition) is 4. The number of likely N-dealkylation sites (N-methyl/N-ethyl adjacent to an activating group) is 1. The molecule has 4 nitrogen and oxygen atoms in total. The number of nitrogens with zero attached hydrogens (tertiary/aromatic N) is 3. The summed E-state index contributed by atoms with van der Waals surface area (Å²) in [5, 5.41) is 11.1. The van der Waals surface area contributed by atoms with E-state index in [-0.39, 0.29) is 6.04 Å². The molecule has 44 heavy (non-hydrogen) atoms. The Hall–Kier alpha value is -5.48. The predicted molar refractivity (Wildman–Crippen MR) is 184 cm³/mol. The monoisotopic (exact) mass is 568 g/mol. The maximum Gasteiger partial charge on any atom is 0.0886 e. The fraction of sp³-hybridized carbons (Fsp3) is 0.100. The first-order valence-electron chi connectivity index (χ1n) is 15.1. The molecule has 0 amide bonds. The number of aromatic nitrogens is 2. The zero-order chi connectivity index (χ0) is 29.6. The van der Waals surface area contributed by atoms with Crippen LogP contribution in [0.1, 0.15) is 11.1 Å².